The van der Waals surface area contributed by atoms with Crippen molar-refractivity contribution in [2.75, 3.05) is 0 Å². The van der Waals surface area contributed by atoms with E-state index in [0.29, 0.717) is 11.1 Å². The van der Waals surface area contributed by atoms with E-state index in [0.717, 1.165) is 0 Å². The molecule has 0 bridgehead atoms. The van der Waals surface area contributed by atoms with E-state index in [-0.39, 0.29) is 22.8 Å². The fourth-order valence-corrected chi connectivity index (χ4v) is 2.05. The van der Waals surface area contributed by atoms with Crippen LogP contribution in [0.15, 0.2) is 47.0 Å². The lowest BCUT2D eigenvalue weighted by Crippen LogP contribution is -1.96. The molecular formula is C16H11FN2O3. The summed E-state index contributed by atoms with van der Waals surface area (Å²) in [4.78, 5) is 15.1. The summed E-state index contributed by atoms with van der Waals surface area (Å²) in [5, 5.41) is 12.8. The van der Waals surface area contributed by atoms with E-state index in [1.54, 1.807) is 37.3 Å². The van der Waals surface area contributed by atoms with Crippen molar-refractivity contribution in [1.29, 1.82) is 0 Å². The number of aryl methyl sites for hydroxylation is 1. The number of benzene rings is 2. The second kappa shape index (κ2) is 5.40. The molecule has 0 aliphatic carbocycles. The van der Waals surface area contributed by atoms with Crippen LogP contribution in [0.2, 0.25) is 0 Å². The van der Waals surface area contributed by atoms with Gasteiger partial charge in [0.2, 0.25) is 5.82 Å². The number of hydrogen-bond acceptors (Lipinski definition) is 4. The predicted octanol–water partition coefficient (Wildman–Crippen LogP) is 3.55. The summed E-state index contributed by atoms with van der Waals surface area (Å²) >= 11 is 0. The molecule has 0 saturated carbocycles. The maximum Gasteiger partial charge on any atom is 0.335 e. The Balaban J connectivity index is 2.02. The van der Waals surface area contributed by atoms with E-state index >= 15 is 0 Å². The summed E-state index contributed by atoms with van der Waals surface area (Å²) in [5.74, 6) is -1.21. The van der Waals surface area contributed by atoms with Crippen molar-refractivity contribution in [1.82, 2.24) is 10.1 Å². The Morgan fingerprint density at radius 3 is 2.77 bits per heavy atom. The van der Waals surface area contributed by atoms with Crippen molar-refractivity contribution < 1.29 is 18.8 Å². The Labute approximate surface area is 125 Å². The van der Waals surface area contributed by atoms with Crippen molar-refractivity contribution in [3.8, 4) is 22.8 Å². The first kappa shape index (κ1) is 13.9. The predicted molar refractivity (Wildman–Crippen MR) is 76.8 cm³/mol. The molecule has 0 radical (unpaired) electrons. The molecule has 110 valence electrons. The second-order valence-electron chi connectivity index (χ2n) is 4.75. The molecule has 0 saturated heterocycles. The minimum Gasteiger partial charge on any atom is -0.478 e. The Morgan fingerprint density at radius 2 is 2.00 bits per heavy atom. The number of halogens is 1. The van der Waals surface area contributed by atoms with Crippen LogP contribution in [0.5, 0.6) is 0 Å². The molecule has 3 aromatic rings. The van der Waals surface area contributed by atoms with Gasteiger partial charge in [-0.05, 0) is 30.7 Å². The fourth-order valence-electron chi connectivity index (χ4n) is 2.05. The number of nitrogens with zero attached hydrogens (tertiary/aromatic N) is 2. The molecule has 2 aromatic carbocycles. The molecular weight excluding hydrogens is 287 g/mol. The zero-order chi connectivity index (χ0) is 15.7. The van der Waals surface area contributed by atoms with Gasteiger partial charge < -0.3 is 9.63 Å². The van der Waals surface area contributed by atoms with Gasteiger partial charge in [-0.15, -0.1) is 0 Å². The third-order valence-electron chi connectivity index (χ3n) is 3.22. The summed E-state index contributed by atoms with van der Waals surface area (Å²) in [5.41, 5.74) is 1.30. The summed E-state index contributed by atoms with van der Waals surface area (Å²) in [7, 11) is 0. The largest absolute Gasteiger partial charge is 0.478 e. The van der Waals surface area contributed by atoms with Gasteiger partial charge in [-0.3, -0.25) is 0 Å². The van der Waals surface area contributed by atoms with Crippen LogP contribution in [0.3, 0.4) is 0 Å². The first-order chi connectivity index (χ1) is 10.6. The van der Waals surface area contributed by atoms with Crippen LogP contribution in [0, 0.1) is 12.7 Å². The smallest absolute Gasteiger partial charge is 0.335 e. The van der Waals surface area contributed by atoms with E-state index in [2.05, 4.69) is 10.1 Å². The van der Waals surface area contributed by atoms with Crippen LogP contribution in [0.4, 0.5) is 4.39 Å². The SMILES string of the molecule is Cc1cccc(-c2nc(-c3cccc(C(=O)O)c3)no2)c1F. The Kier molecular flexibility index (Phi) is 3.42. The average molecular weight is 298 g/mol. The number of rotatable bonds is 3. The third kappa shape index (κ3) is 2.46. The van der Waals surface area contributed by atoms with Gasteiger partial charge in [0, 0.05) is 5.56 Å². The molecule has 0 spiro atoms. The van der Waals surface area contributed by atoms with Gasteiger partial charge in [0.25, 0.3) is 5.89 Å². The van der Waals surface area contributed by atoms with E-state index < -0.39 is 11.8 Å². The molecule has 1 aromatic heterocycles. The summed E-state index contributed by atoms with van der Waals surface area (Å²) in [6.45, 7) is 1.65. The number of carbonyl (C=O) groups is 1. The fraction of sp³-hybridized carbons (Fsp3) is 0.0625. The molecule has 1 heterocycles. The first-order valence-corrected chi connectivity index (χ1v) is 6.49. The number of aromatic carboxylic acids is 1. The number of aromatic nitrogens is 2. The highest BCUT2D eigenvalue weighted by Crippen LogP contribution is 2.26. The summed E-state index contributed by atoms with van der Waals surface area (Å²) in [6.07, 6.45) is 0. The maximum absolute atomic E-state index is 14.1. The van der Waals surface area contributed by atoms with Gasteiger partial charge >= 0.3 is 5.97 Å². The highest BCUT2D eigenvalue weighted by atomic mass is 19.1. The molecule has 0 unspecified atom stereocenters. The van der Waals surface area contributed by atoms with Crippen molar-refractivity contribution >= 4 is 5.97 Å². The molecule has 0 atom stereocenters. The van der Waals surface area contributed by atoms with Crippen LogP contribution in [0.1, 0.15) is 15.9 Å². The van der Waals surface area contributed by atoms with E-state index in [1.807, 2.05) is 0 Å². The monoisotopic (exact) mass is 298 g/mol. The standard InChI is InChI=1S/C16H11FN2O3/c1-9-4-2-7-12(13(9)17)15-18-14(19-22-15)10-5-3-6-11(8-10)16(20)21/h2-8H,1H3,(H,20,21). The lowest BCUT2D eigenvalue weighted by Gasteiger charge is -1.99. The van der Waals surface area contributed by atoms with E-state index in [9.17, 15) is 9.18 Å². The zero-order valence-corrected chi connectivity index (χ0v) is 11.6. The number of hydrogen-bond donors (Lipinski definition) is 1. The minimum absolute atomic E-state index is 0.0527. The minimum atomic E-state index is -1.05. The van der Waals surface area contributed by atoms with Gasteiger partial charge in [0.05, 0.1) is 11.1 Å². The first-order valence-electron chi connectivity index (χ1n) is 6.49. The van der Waals surface area contributed by atoms with Gasteiger partial charge in [-0.2, -0.15) is 4.98 Å². The number of carboxylic acid groups (broad SMARTS) is 1. The van der Waals surface area contributed by atoms with Crippen LogP contribution >= 0.6 is 0 Å². The Hall–Kier alpha value is -3.02. The van der Waals surface area contributed by atoms with Crippen LogP contribution in [-0.4, -0.2) is 21.2 Å². The molecule has 5 nitrogen and oxygen atoms in total. The van der Waals surface area contributed by atoms with Crippen molar-refractivity contribution in [2.24, 2.45) is 0 Å². The maximum atomic E-state index is 14.1. The highest BCUT2D eigenvalue weighted by molar-refractivity contribution is 5.89. The van der Waals surface area contributed by atoms with Crippen LogP contribution in [0.25, 0.3) is 22.8 Å². The highest BCUT2D eigenvalue weighted by Gasteiger charge is 2.16. The Bertz CT molecular complexity index is 858. The van der Waals surface area contributed by atoms with Gasteiger partial charge in [-0.1, -0.05) is 29.4 Å². The second-order valence-corrected chi connectivity index (χ2v) is 4.75. The van der Waals surface area contributed by atoms with Crippen molar-refractivity contribution in [3.63, 3.8) is 0 Å². The lowest BCUT2D eigenvalue weighted by molar-refractivity contribution is 0.0697. The third-order valence-corrected chi connectivity index (χ3v) is 3.22. The summed E-state index contributed by atoms with van der Waals surface area (Å²) < 4.78 is 19.2. The molecule has 6 heteroatoms. The Morgan fingerprint density at radius 1 is 1.23 bits per heavy atom. The van der Waals surface area contributed by atoms with Gasteiger partial charge in [0.15, 0.2) is 0 Å². The average Bonchev–Trinajstić information content (AvgIpc) is 3.00. The molecule has 1 N–H and O–H groups in total. The summed E-state index contributed by atoms with van der Waals surface area (Å²) in [6, 6.07) is 11.0. The molecule has 22 heavy (non-hydrogen) atoms. The van der Waals surface area contributed by atoms with Gasteiger partial charge in [0.1, 0.15) is 5.82 Å². The molecule has 0 fully saturated rings. The van der Waals surface area contributed by atoms with Gasteiger partial charge in [-0.25, -0.2) is 9.18 Å². The molecule has 0 aliphatic heterocycles. The molecule has 0 amide bonds. The normalized spacial score (nSPS) is 10.6. The number of carboxylic acids is 1. The van der Waals surface area contributed by atoms with Crippen molar-refractivity contribution in [3.05, 3.63) is 59.4 Å². The topological polar surface area (TPSA) is 76.2 Å². The molecule has 0 aliphatic rings. The zero-order valence-electron chi connectivity index (χ0n) is 11.6. The van der Waals surface area contributed by atoms with E-state index in [1.165, 1.54) is 12.1 Å². The van der Waals surface area contributed by atoms with Crippen molar-refractivity contribution in [2.45, 2.75) is 6.92 Å². The lowest BCUT2D eigenvalue weighted by atomic mass is 10.1. The molecule has 3 rings (SSSR count). The van der Waals surface area contributed by atoms with Crippen LogP contribution < -0.4 is 0 Å². The quantitative estimate of drug-likeness (QED) is 0.800. The van der Waals surface area contributed by atoms with Crippen LogP contribution in [-0.2, 0) is 0 Å². The van der Waals surface area contributed by atoms with E-state index in [4.69, 9.17) is 9.63 Å².